The van der Waals surface area contributed by atoms with Crippen molar-refractivity contribution in [1.82, 2.24) is 0 Å². The minimum atomic E-state index is -0.149. The molecule has 0 saturated carbocycles. The summed E-state index contributed by atoms with van der Waals surface area (Å²) in [5.41, 5.74) is 2.68. The molecule has 3 aromatic rings. The molecule has 0 spiro atoms. The van der Waals surface area contributed by atoms with Gasteiger partial charge in [0.1, 0.15) is 5.75 Å². The van der Waals surface area contributed by atoms with Gasteiger partial charge in [-0.1, -0.05) is 39.7 Å². The van der Waals surface area contributed by atoms with E-state index in [-0.39, 0.29) is 5.91 Å². The third-order valence-electron chi connectivity index (χ3n) is 3.97. The van der Waals surface area contributed by atoms with Crippen molar-refractivity contribution in [2.45, 2.75) is 6.42 Å². The summed E-state index contributed by atoms with van der Waals surface area (Å²) in [7, 11) is 0. The van der Waals surface area contributed by atoms with Gasteiger partial charge in [0.05, 0.1) is 22.2 Å². The lowest BCUT2D eigenvalue weighted by Gasteiger charge is -2.07. The minimum absolute atomic E-state index is 0.149. The molecule has 0 fully saturated rings. The number of benzene rings is 2. The predicted octanol–water partition coefficient (Wildman–Crippen LogP) is 6.02. The van der Waals surface area contributed by atoms with Crippen molar-refractivity contribution in [3.05, 3.63) is 67.8 Å². The van der Waals surface area contributed by atoms with Gasteiger partial charge in [-0.05, 0) is 36.4 Å². The van der Waals surface area contributed by atoms with Gasteiger partial charge < -0.3 is 10.1 Å². The molecule has 6 heteroatoms. The molecular weight excluding hydrogens is 422 g/mol. The van der Waals surface area contributed by atoms with Crippen LogP contribution in [0.3, 0.4) is 0 Å². The van der Waals surface area contributed by atoms with Crippen LogP contribution in [0.2, 0.25) is 5.02 Å². The molecule has 0 radical (unpaired) electrons. The predicted molar refractivity (Wildman–Crippen MR) is 106 cm³/mol. The van der Waals surface area contributed by atoms with Gasteiger partial charge in [0.2, 0.25) is 0 Å². The Balaban J connectivity index is 1.70. The number of amides is 1. The average molecular weight is 435 g/mol. The second-order valence-corrected chi connectivity index (χ2v) is 8.08. The van der Waals surface area contributed by atoms with Gasteiger partial charge >= 0.3 is 0 Å². The fourth-order valence-electron chi connectivity index (χ4n) is 2.79. The second kappa shape index (κ2) is 6.83. The fraction of sp³-hybridized carbons (Fsp3) is 0.105. The molecule has 1 N–H and O–H groups in total. The standard InChI is InChI=1S/C19H13BrClNO2S/c20-11-5-6-16-12(9-11)13-10-18(25-17(13)7-8-24-16)19(23)22-15-4-2-1-3-14(15)21/h1-6,9-10H,7-8H2,(H,22,23). The highest BCUT2D eigenvalue weighted by Gasteiger charge is 2.21. The number of anilines is 1. The first-order chi connectivity index (χ1) is 12.1. The molecule has 0 bridgehead atoms. The van der Waals surface area contributed by atoms with E-state index >= 15 is 0 Å². The zero-order valence-electron chi connectivity index (χ0n) is 13.0. The van der Waals surface area contributed by atoms with E-state index in [2.05, 4.69) is 21.2 Å². The first kappa shape index (κ1) is 16.6. The number of rotatable bonds is 2. The number of fused-ring (bicyclic) bond motifs is 3. The summed E-state index contributed by atoms with van der Waals surface area (Å²) < 4.78 is 6.81. The number of thiophene rings is 1. The van der Waals surface area contributed by atoms with Crippen LogP contribution < -0.4 is 10.1 Å². The van der Waals surface area contributed by atoms with E-state index < -0.39 is 0 Å². The maximum atomic E-state index is 12.6. The highest BCUT2D eigenvalue weighted by molar-refractivity contribution is 9.10. The first-order valence-corrected chi connectivity index (χ1v) is 9.72. The first-order valence-electron chi connectivity index (χ1n) is 7.73. The molecule has 2 heterocycles. The molecule has 25 heavy (non-hydrogen) atoms. The van der Waals surface area contributed by atoms with Crippen molar-refractivity contribution in [2.75, 3.05) is 11.9 Å². The Labute approximate surface area is 162 Å². The Morgan fingerprint density at radius 2 is 2.00 bits per heavy atom. The number of halogens is 2. The van der Waals surface area contributed by atoms with Crippen LogP contribution in [0.15, 0.2) is 53.0 Å². The molecule has 1 aromatic heterocycles. The Morgan fingerprint density at radius 1 is 1.16 bits per heavy atom. The van der Waals surface area contributed by atoms with Crippen molar-refractivity contribution >= 4 is 50.5 Å². The quantitative estimate of drug-likeness (QED) is 0.536. The highest BCUT2D eigenvalue weighted by atomic mass is 79.9. The Hall–Kier alpha value is -1.82. The number of hydrogen-bond donors (Lipinski definition) is 1. The second-order valence-electron chi connectivity index (χ2n) is 5.62. The molecule has 1 aliphatic rings. The summed E-state index contributed by atoms with van der Waals surface area (Å²) in [4.78, 5) is 14.5. The van der Waals surface area contributed by atoms with E-state index in [0.717, 1.165) is 32.6 Å². The van der Waals surface area contributed by atoms with Gasteiger partial charge in [-0.3, -0.25) is 4.79 Å². The zero-order chi connectivity index (χ0) is 17.4. The summed E-state index contributed by atoms with van der Waals surface area (Å²) >= 11 is 11.1. The highest BCUT2D eigenvalue weighted by Crippen LogP contribution is 2.41. The largest absolute Gasteiger partial charge is 0.493 e. The third kappa shape index (κ3) is 3.32. The van der Waals surface area contributed by atoms with Crippen LogP contribution in [-0.4, -0.2) is 12.5 Å². The van der Waals surface area contributed by atoms with Crippen LogP contribution >= 0.6 is 38.9 Å². The summed E-state index contributed by atoms with van der Waals surface area (Å²) in [6.45, 7) is 0.605. The van der Waals surface area contributed by atoms with Crippen molar-refractivity contribution in [1.29, 1.82) is 0 Å². The van der Waals surface area contributed by atoms with Crippen LogP contribution in [0.5, 0.6) is 5.75 Å². The lowest BCUT2D eigenvalue weighted by Crippen LogP contribution is -2.10. The molecule has 2 aromatic carbocycles. The number of carbonyl (C=O) groups is 1. The summed E-state index contributed by atoms with van der Waals surface area (Å²) in [6, 6.07) is 15.1. The molecule has 3 nitrogen and oxygen atoms in total. The van der Waals surface area contributed by atoms with Crippen LogP contribution in [0, 0.1) is 0 Å². The van der Waals surface area contributed by atoms with E-state index in [4.69, 9.17) is 16.3 Å². The molecule has 126 valence electrons. The van der Waals surface area contributed by atoms with Crippen molar-refractivity contribution in [3.8, 4) is 16.9 Å². The van der Waals surface area contributed by atoms with Crippen molar-refractivity contribution in [2.24, 2.45) is 0 Å². The minimum Gasteiger partial charge on any atom is -0.493 e. The normalized spacial score (nSPS) is 12.6. The Morgan fingerprint density at radius 3 is 2.84 bits per heavy atom. The van der Waals surface area contributed by atoms with Gasteiger partial charge in [0.15, 0.2) is 0 Å². The Bertz CT molecular complexity index is 970. The number of nitrogens with one attached hydrogen (secondary N) is 1. The topological polar surface area (TPSA) is 38.3 Å². The molecule has 1 aliphatic heterocycles. The summed E-state index contributed by atoms with van der Waals surface area (Å²) in [5, 5.41) is 3.41. The Kier molecular flexibility index (Phi) is 4.54. The third-order valence-corrected chi connectivity index (χ3v) is 5.99. The number of hydrogen-bond acceptors (Lipinski definition) is 3. The van der Waals surface area contributed by atoms with Crippen LogP contribution in [0.4, 0.5) is 5.69 Å². The molecule has 0 aliphatic carbocycles. The van der Waals surface area contributed by atoms with Gasteiger partial charge in [-0.25, -0.2) is 0 Å². The van der Waals surface area contributed by atoms with Crippen molar-refractivity contribution < 1.29 is 9.53 Å². The van der Waals surface area contributed by atoms with E-state index in [1.54, 1.807) is 12.1 Å². The molecule has 1 amide bonds. The maximum absolute atomic E-state index is 12.6. The van der Waals surface area contributed by atoms with E-state index in [0.29, 0.717) is 22.2 Å². The lowest BCUT2D eigenvalue weighted by molar-refractivity contribution is 0.103. The van der Waals surface area contributed by atoms with Gasteiger partial charge in [0, 0.05) is 26.9 Å². The smallest absolute Gasteiger partial charge is 0.265 e. The maximum Gasteiger partial charge on any atom is 0.265 e. The fourth-order valence-corrected chi connectivity index (χ4v) is 4.39. The van der Waals surface area contributed by atoms with Gasteiger partial charge in [-0.2, -0.15) is 0 Å². The van der Waals surface area contributed by atoms with Crippen LogP contribution in [-0.2, 0) is 6.42 Å². The molecule has 0 atom stereocenters. The molecule has 4 rings (SSSR count). The lowest BCUT2D eigenvalue weighted by atomic mass is 10.0. The monoisotopic (exact) mass is 433 g/mol. The zero-order valence-corrected chi connectivity index (χ0v) is 16.2. The van der Waals surface area contributed by atoms with Crippen LogP contribution in [0.1, 0.15) is 14.5 Å². The SMILES string of the molecule is O=C(Nc1ccccc1Cl)c1cc2c(s1)CCOc1ccc(Br)cc1-2. The van der Waals surface area contributed by atoms with E-state index in [1.165, 1.54) is 11.3 Å². The molecule has 0 saturated heterocycles. The number of carbonyl (C=O) groups excluding carboxylic acids is 1. The van der Waals surface area contributed by atoms with E-state index in [9.17, 15) is 4.79 Å². The van der Waals surface area contributed by atoms with Crippen molar-refractivity contribution in [3.63, 3.8) is 0 Å². The average Bonchev–Trinajstić information content (AvgIpc) is 2.95. The van der Waals surface area contributed by atoms with E-state index in [1.807, 2.05) is 36.4 Å². The molecule has 0 unspecified atom stereocenters. The number of ether oxygens (including phenoxy) is 1. The van der Waals surface area contributed by atoms with Gasteiger partial charge in [-0.15, -0.1) is 11.3 Å². The van der Waals surface area contributed by atoms with Crippen LogP contribution in [0.25, 0.3) is 11.1 Å². The number of para-hydroxylation sites is 1. The van der Waals surface area contributed by atoms with Gasteiger partial charge in [0.25, 0.3) is 5.91 Å². The molecular formula is C19H13BrClNO2S. The summed E-state index contributed by atoms with van der Waals surface area (Å²) in [6.07, 6.45) is 0.783. The summed E-state index contributed by atoms with van der Waals surface area (Å²) in [5.74, 6) is 0.696.